The lowest BCUT2D eigenvalue weighted by Crippen LogP contribution is -2.38. The van der Waals surface area contributed by atoms with Gasteiger partial charge in [0.25, 0.3) is 5.91 Å². The molecule has 0 saturated carbocycles. The van der Waals surface area contributed by atoms with Crippen LogP contribution in [0.25, 0.3) is 0 Å². The van der Waals surface area contributed by atoms with Gasteiger partial charge in [-0.1, -0.05) is 6.92 Å². The quantitative estimate of drug-likeness (QED) is 0.882. The molecule has 1 saturated heterocycles. The maximum atomic E-state index is 12.5. The number of nitrogens with zero attached hydrogens (tertiary/aromatic N) is 3. The normalized spacial score (nSPS) is 14.8. The number of aromatic nitrogens is 2. The van der Waals surface area contributed by atoms with Gasteiger partial charge in [0, 0.05) is 31.4 Å². The van der Waals surface area contributed by atoms with E-state index in [0.29, 0.717) is 17.4 Å². The molecule has 2 N–H and O–H groups in total. The molecule has 3 rings (SSSR count). The van der Waals surface area contributed by atoms with Gasteiger partial charge in [-0.25, -0.2) is 9.97 Å². The van der Waals surface area contributed by atoms with Gasteiger partial charge >= 0.3 is 0 Å². The van der Waals surface area contributed by atoms with Crippen LogP contribution in [0.15, 0.2) is 36.7 Å². The molecule has 136 valence electrons. The van der Waals surface area contributed by atoms with Crippen LogP contribution < -0.4 is 10.6 Å². The molecule has 0 bridgehead atoms. The monoisotopic (exact) mass is 353 g/mol. The third-order valence-electron chi connectivity index (χ3n) is 4.42. The molecular weight excluding hydrogens is 330 g/mol. The number of hydrogen-bond acceptors (Lipinski definition) is 5. The van der Waals surface area contributed by atoms with E-state index in [9.17, 15) is 9.59 Å². The van der Waals surface area contributed by atoms with Gasteiger partial charge in [0.05, 0.1) is 12.4 Å². The Labute approximate surface area is 152 Å². The van der Waals surface area contributed by atoms with Gasteiger partial charge in [0.15, 0.2) is 0 Å². The van der Waals surface area contributed by atoms with Crippen LogP contribution in [0.1, 0.15) is 37.2 Å². The average Bonchev–Trinajstić information content (AvgIpc) is 2.64. The maximum absolute atomic E-state index is 12.5. The minimum atomic E-state index is -0.111. The number of nitrogens with one attached hydrogen (secondary N) is 2. The number of anilines is 3. The number of piperidine rings is 1. The molecular formula is C19H23N5O2. The molecule has 0 spiro atoms. The van der Waals surface area contributed by atoms with E-state index in [1.807, 2.05) is 17.0 Å². The summed E-state index contributed by atoms with van der Waals surface area (Å²) in [5.74, 6) is 1.06. The van der Waals surface area contributed by atoms with E-state index in [4.69, 9.17) is 0 Å². The third kappa shape index (κ3) is 4.56. The smallest absolute Gasteiger partial charge is 0.274 e. The zero-order valence-electron chi connectivity index (χ0n) is 15.0. The molecule has 1 aromatic carbocycles. The second-order valence-corrected chi connectivity index (χ2v) is 6.65. The number of carbonyl (C=O) groups excluding carboxylic acids is 2. The number of rotatable bonds is 4. The topological polar surface area (TPSA) is 87.2 Å². The van der Waals surface area contributed by atoms with Crippen LogP contribution in [-0.2, 0) is 4.79 Å². The summed E-state index contributed by atoms with van der Waals surface area (Å²) in [7, 11) is 0. The Balaban J connectivity index is 1.60. The van der Waals surface area contributed by atoms with E-state index in [1.54, 1.807) is 18.3 Å². The number of hydrogen-bond donors (Lipinski definition) is 2. The van der Waals surface area contributed by atoms with Crippen LogP contribution in [-0.4, -0.2) is 39.8 Å². The molecule has 0 aliphatic carbocycles. The summed E-state index contributed by atoms with van der Waals surface area (Å²) in [6, 6.07) is 7.26. The average molecular weight is 353 g/mol. The first-order valence-corrected chi connectivity index (χ1v) is 8.77. The first-order chi connectivity index (χ1) is 12.5. The summed E-state index contributed by atoms with van der Waals surface area (Å²) in [6.45, 7) is 5.24. The summed E-state index contributed by atoms with van der Waals surface area (Å²) in [5.41, 5.74) is 1.91. The number of benzene rings is 1. The van der Waals surface area contributed by atoms with E-state index in [-0.39, 0.29) is 11.8 Å². The van der Waals surface area contributed by atoms with Gasteiger partial charge in [-0.2, -0.15) is 0 Å². The molecule has 7 heteroatoms. The highest BCUT2D eigenvalue weighted by Crippen LogP contribution is 2.19. The van der Waals surface area contributed by atoms with E-state index >= 15 is 0 Å². The Morgan fingerprint density at radius 1 is 1.04 bits per heavy atom. The first-order valence-electron chi connectivity index (χ1n) is 8.77. The second kappa shape index (κ2) is 7.95. The fourth-order valence-corrected chi connectivity index (χ4v) is 2.86. The highest BCUT2D eigenvalue weighted by molar-refractivity contribution is 5.92. The molecule has 0 radical (unpaired) electrons. The Morgan fingerprint density at radius 2 is 1.69 bits per heavy atom. The maximum Gasteiger partial charge on any atom is 0.274 e. The molecule has 0 atom stereocenters. The van der Waals surface area contributed by atoms with Gasteiger partial charge in [0.1, 0.15) is 11.5 Å². The summed E-state index contributed by atoms with van der Waals surface area (Å²) in [4.78, 5) is 33.9. The summed E-state index contributed by atoms with van der Waals surface area (Å²) >= 11 is 0. The first kappa shape index (κ1) is 17.8. The van der Waals surface area contributed by atoms with Gasteiger partial charge in [-0.15, -0.1) is 0 Å². The molecule has 1 fully saturated rings. The molecule has 1 aliphatic heterocycles. The number of likely N-dealkylation sites (tertiary alicyclic amines) is 1. The van der Waals surface area contributed by atoms with Crippen molar-refractivity contribution in [2.45, 2.75) is 26.7 Å². The van der Waals surface area contributed by atoms with E-state index in [0.717, 1.165) is 37.3 Å². The van der Waals surface area contributed by atoms with E-state index < -0.39 is 0 Å². The standard InChI is InChI=1S/C19H23N5O2/c1-13-7-9-24(10-8-13)19(26)17-11-21-18(12-20-17)23-16-5-3-15(4-6-16)22-14(2)25/h3-6,11-13H,7-10H2,1-2H3,(H,21,23)(H,22,25). The lowest BCUT2D eigenvalue weighted by atomic mass is 9.99. The Bertz CT molecular complexity index is 766. The van der Waals surface area contributed by atoms with Crippen molar-refractivity contribution in [3.63, 3.8) is 0 Å². The van der Waals surface area contributed by atoms with Crippen LogP contribution in [0.3, 0.4) is 0 Å². The fourth-order valence-electron chi connectivity index (χ4n) is 2.86. The molecule has 26 heavy (non-hydrogen) atoms. The van der Waals surface area contributed by atoms with Gasteiger partial charge < -0.3 is 15.5 Å². The second-order valence-electron chi connectivity index (χ2n) is 6.65. The van der Waals surface area contributed by atoms with Crippen molar-refractivity contribution in [3.8, 4) is 0 Å². The Hall–Kier alpha value is -2.96. The van der Waals surface area contributed by atoms with Crippen LogP contribution in [0, 0.1) is 5.92 Å². The van der Waals surface area contributed by atoms with E-state index in [2.05, 4.69) is 27.5 Å². The van der Waals surface area contributed by atoms with Crippen molar-refractivity contribution in [2.75, 3.05) is 23.7 Å². The molecule has 1 aromatic heterocycles. The molecule has 2 amide bonds. The van der Waals surface area contributed by atoms with Crippen molar-refractivity contribution >= 4 is 29.0 Å². The lowest BCUT2D eigenvalue weighted by Gasteiger charge is -2.29. The molecule has 1 aliphatic rings. The van der Waals surface area contributed by atoms with Gasteiger partial charge in [-0.3, -0.25) is 9.59 Å². The van der Waals surface area contributed by atoms with Crippen LogP contribution in [0.4, 0.5) is 17.2 Å². The number of carbonyl (C=O) groups is 2. The minimum absolute atomic E-state index is 0.0596. The van der Waals surface area contributed by atoms with Crippen molar-refractivity contribution in [3.05, 3.63) is 42.4 Å². The summed E-state index contributed by atoms with van der Waals surface area (Å²) in [5, 5.41) is 5.84. The highest BCUT2D eigenvalue weighted by atomic mass is 16.2. The van der Waals surface area contributed by atoms with Crippen molar-refractivity contribution < 1.29 is 9.59 Å². The summed E-state index contributed by atoms with van der Waals surface area (Å²) < 4.78 is 0. The SMILES string of the molecule is CC(=O)Nc1ccc(Nc2cnc(C(=O)N3CCC(C)CC3)cn2)cc1. The molecule has 2 heterocycles. The van der Waals surface area contributed by atoms with Crippen LogP contribution >= 0.6 is 0 Å². The van der Waals surface area contributed by atoms with Gasteiger partial charge in [0.2, 0.25) is 5.91 Å². The predicted octanol–water partition coefficient (Wildman–Crippen LogP) is 3.05. The lowest BCUT2D eigenvalue weighted by molar-refractivity contribution is -0.114. The molecule has 0 unspecified atom stereocenters. The Morgan fingerprint density at radius 3 is 2.27 bits per heavy atom. The van der Waals surface area contributed by atoms with Crippen molar-refractivity contribution in [2.24, 2.45) is 5.92 Å². The third-order valence-corrected chi connectivity index (χ3v) is 4.42. The fraction of sp³-hybridized carbons (Fsp3) is 0.368. The van der Waals surface area contributed by atoms with Gasteiger partial charge in [-0.05, 0) is 43.0 Å². The largest absolute Gasteiger partial charge is 0.339 e. The summed E-state index contributed by atoms with van der Waals surface area (Å²) in [6.07, 6.45) is 5.14. The van der Waals surface area contributed by atoms with Crippen LogP contribution in [0.5, 0.6) is 0 Å². The van der Waals surface area contributed by atoms with Crippen molar-refractivity contribution in [1.29, 1.82) is 0 Å². The number of amides is 2. The molecule has 7 nitrogen and oxygen atoms in total. The zero-order chi connectivity index (χ0) is 18.5. The van der Waals surface area contributed by atoms with Crippen molar-refractivity contribution in [1.82, 2.24) is 14.9 Å². The zero-order valence-corrected chi connectivity index (χ0v) is 15.0. The molecule has 2 aromatic rings. The highest BCUT2D eigenvalue weighted by Gasteiger charge is 2.22. The minimum Gasteiger partial charge on any atom is -0.339 e. The Kier molecular flexibility index (Phi) is 5.46. The predicted molar refractivity (Wildman–Crippen MR) is 100 cm³/mol. The van der Waals surface area contributed by atoms with Crippen LogP contribution in [0.2, 0.25) is 0 Å². The van der Waals surface area contributed by atoms with E-state index in [1.165, 1.54) is 13.1 Å².